The van der Waals surface area contributed by atoms with E-state index in [0.29, 0.717) is 16.6 Å². The highest BCUT2D eigenvalue weighted by molar-refractivity contribution is 6.35. The Hall–Kier alpha value is -3.22. The molecule has 0 saturated heterocycles. The average Bonchev–Trinajstić information content (AvgIpc) is 3.19. The molecule has 2 heterocycles. The maximum absolute atomic E-state index is 12.3. The van der Waals surface area contributed by atoms with Gasteiger partial charge < -0.3 is 0 Å². The zero-order valence-electron chi connectivity index (χ0n) is 15.1. The first kappa shape index (κ1) is 19.1. The number of nitrogens with one attached hydrogen (secondary N) is 1. The molecule has 2 aromatic carbocycles. The van der Waals surface area contributed by atoms with Crippen molar-refractivity contribution in [3.8, 4) is 0 Å². The van der Waals surface area contributed by atoms with Crippen LogP contribution in [0.5, 0.6) is 0 Å². The van der Waals surface area contributed by atoms with Crippen LogP contribution >= 0.6 is 23.2 Å². The van der Waals surface area contributed by atoms with E-state index in [4.69, 9.17) is 23.2 Å². The van der Waals surface area contributed by atoms with E-state index in [1.165, 1.54) is 0 Å². The van der Waals surface area contributed by atoms with Gasteiger partial charge in [-0.25, -0.2) is 5.43 Å². The molecule has 29 heavy (non-hydrogen) atoms. The SMILES string of the molecule is O=C(N/N=C/c1cccc2cccnc12)c1ccn(Cc2ccc(Cl)cc2Cl)n1. The van der Waals surface area contributed by atoms with Gasteiger partial charge in [0.15, 0.2) is 5.69 Å². The standard InChI is InChI=1S/C21H15Cl2N5O/c22-17-7-6-16(18(23)11-17)13-28-10-8-19(27-28)21(29)26-25-12-15-4-1-3-14-5-2-9-24-20(14)15/h1-12H,13H2,(H,26,29)/b25-12+. The lowest BCUT2D eigenvalue weighted by atomic mass is 10.1. The van der Waals surface area contributed by atoms with Gasteiger partial charge in [0.1, 0.15) is 0 Å². The molecular formula is C21H15Cl2N5O. The van der Waals surface area contributed by atoms with Gasteiger partial charge in [-0.15, -0.1) is 0 Å². The largest absolute Gasteiger partial charge is 0.291 e. The Kier molecular flexibility index (Phi) is 5.55. The monoisotopic (exact) mass is 423 g/mol. The number of hydrogen-bond acceptors (Lipinski definition) is 4. The lowest BCUT2D eigenvalue weighted by Gasteiger charge is -2.05. The fourth-order valence-corrected chi connectivity index (χ4v) is 3.31. The van der Waals surface area contributed by atoms with Crippen LogP contribution in [-0.2, 0) is 6.54 Å². The van der Waals surface area contributed by atoms with Crippen LogP contribution in [0.25, 0.3) is 10.9 Å². The number of amides is 1. The molecule has 0 aliphatic rings. The molecule has 0 bridgehead atoms. The molecule has 0 spiro atoms. The highest BCUT2D eigenvalue weighted by atomic mass is 35.5. The predicted molar refractivity (Wildman–Crippen MR) is 115 cm³/mol. The van der Waals surface area contributed by atoms with Crippen LogP contribution in [0.1, 0.15) is 21.6 Å². The average molecular weight is 424 g/mol. The smallest absolute Gasteiger partial charge is 0.267 e. The highest BCUT2D eigenvalue weighted by Gasteiger charge is 2.10. The molecule has 0 aliphatic carbocycles. The third-order valence-corrected chi connectivity index (χ3v) is 4.84. The number of rotatable bonds is 5. The molecule has 1 N–H and O–H groups in total. The van der Waals surface area contributed by atoms with Crippen molar-refractivity contribution in [2.45, 2.75) is 6.54 Å². The van der Waals surface area contributed by atoms with Gasteiger partial charge in [0.25, 0.3) is 5.91 Å². The Labute approximate surface area is 176 Å². The fraction of sp³-hybridized carbons (Fsp3) is 0.0476. The first-order valence-electron chi connectivity index (χ1n) is 8.75. The van der Waals surface area contributed by atoms with Crippen molar-refractivity contribution in [1.29, 1.82) is 0 Å². The second-order valence-corrected chi connectivity index (χ2v) is 7.10. The summed E-state index contributed by atoms with van der Waals surface area (Å²) in [5, 5.41) is 10.4. The van der Waals surface area contributed by atoms with Crippen molar-refractivity contribution in [3.05, 3.63) is 93.9 Å². The maximum atomic E-state index is 12.3. The number of hydrazone groups is 1. The minimum absolute atomic E-state index is 0.253. The molecule has 0 radical (unpaired) electrons. The van der Waals surface area contributed by atoms with Crippen LogP contribution in [0, 0.1) is 0 Å². The van der Waals surface area contributed by atoms with E-state index in [1.807, 2.05) is 36.4 Å². The Morgan fingerprint density at radius 3 is 2.86 bits per heavy atom. The first-order chi connectivity index (χ1) is 14.1. The Morgan fingerprint density at radius 1 is 1.14 bits per heavy atom. The van der Waals surface area contributed by atoms with Gasteiger partial charge in [0.2, 0.25) is 0 Å². The molecule has 2 aromatic heterocycles. The number of para-hydroxylation sites is 1. The van der Waals surface area contributed by atoms with Crippen molar-refractivity contribution >= 4 is 46.2 Å². The zero-order valence-corrected chi connectivity index (χ0v) is 16.6. The maximum Gasteiger partial charge on any atom is 0.291 e. The van der Waals surface area contributed by atoms with Gasteiger partial charge in [-0.1, -0.05) is 53.5 Å². The molecule has 4 aromatic rings. The van der Waals surface area contributed by atoms with Crippen molar-refractivity contribution < 1.29 is 4.79 Å². The Balaban J connectivity index is 1.43. The molecule has 0 unspecified atom stereocenters. The molecule has 6 nitrogen and oxygen atoms in total. The normalized spacial score (nSPS) is 11.2. The second kappa shape index (κ2) is 8.43. The molecule has 4 rings (SSSR count). The van der Waals surface area contributed by atoms with E-state index in [1.54, 1.807) is 41.5 Å². The summed E-state index contributed by atoms with van der Waals surface area (Å²) in [5.74, 6) is -0.407. The van der Waals surface area contributed by atoms with Gasteiger partial charge >= 0.3 is 0 Å². The van der Waals surface area contributed by atoms with Gasteiger partial charge in [0, 0.05) is 33.4 Å². The number of carbonyl (C=O) groups is 1. The predicted octanol–water partition coefficient (Wildman–Crippen LogP) is 4.55. The summed E-state index contributed by atoms with van der Waals surface area (Å²) in [7, 11) is 0. The number of aromatic nitrogens is 3. The van der Waals surface area contributed by atoms with Crippen LogP contribution in [-0.4, -0.2) is 26.9 Å². The fourth-order valence-electron chi connectivity index (χ4n) is 2.84. The second-order valence-electron chi connectivity index (χ2n) is 6.26. The number of halogens is 2. The van der Waals surface area contributed by atoms with Crippen LogP contribution < -0.4 is 5.43 Å². The van der Waals surface area contributed by atoms with Crippen LogP contribution in [0.4, 0.5) is 0 Å². The number of nitrogens with zero attached hydrogens (tertiary/aromatic N) is 4. The zero-order chi connectivity index (χ0) is 20.2. The van der Waals surface area contributed by atoms with Gasteiger partial charge in [0.05, 0.1) is 18.3 Å². The quantitative estimate of drug-likeness (QED) is 0.378. The summed E-state index contributed by atoms with van der Waals surface area (Å²) < 4.78 is 1.63. The molecule has 0 aliphatic heterocycles. The molecule has 1 amide bonds. The topological polar surface area (TPSA) is 72.2 Å². The summed E-state index contributed by atoms with van der Waals surface area (Å²) in [6.07, 6.45) is 4.99. The van der Waals surface area contributed by atoms with Crippen molar-refractivity contribution in [2.75, 3.05) is 0 Å². The van der Waals surface area contributed by atoms with E-state index in [2.05, 4.69) is 20.6 Å². The lowest BCUT2D eigenvalue weighted by Crippen LogP contribution is -2.18. The number of hydrogen-bond donors (Lipinski definition) is 1. The lowest BCUT2D eigenvalue weighted by molar-refractivity contribution is 0.0949. The summed E-state index contributed by atoms with van der Waals surface area (Å²) in [6, 6.07) is 16.5. The van der Waals surface area contributed by atoms with E-state index < -0.39 is 5.91 Å². The summed E-state index contributed by atoms with van der Waals surface area (Å²) in [6.45, 7) is 0.425. The summed E-state index contributed by atoms with van der Waals surface area (Å²) in [4.78, 5) is 16.7. The van der Waals surface area contributed by atoms with Crippen LogP contribution in [0.3, 0.4) is 0 Å². The Morgan fingerprint density at radius 2 is 2.00 bits per heavy atom. The molecule has 0 fully saturated rings. The highest BCUT2D eigenvalue weighted by Crippen LogP contribution is 2.21. The molecule has 8 heteroatoms. The van der Waals surface area contributed by atoms with Crippen molar-refractivity contribution in [2.24, 2.45) is 5.10 Å². The number of fused-ring (bicyclic) bond motifs is 1. The molecule has 0 saturated carbocycles. The first-order valence-corrected chi connectivity index (χ1v) is 9.50. The van der Waals surface area contributed by atoms with E-state index in [-0.39, 0.29) is 5.69 Å². The third-order valence-electron chi connectivity index (χ3n) is 4.25. The molecule has 0 atom stereocenters. The van der Waals surface area contributed by atoms with Gasteiger partial charge in [-0.05, 0) is 29.8 Å². The molecular weight excluding hydrogens is 409 g/mol. The van der Waals surface area contributed by atoms with Gasteiger partial charge in [-0.2, -0.15) is 10.2 Å². The number of pyridine rings is 1. The minimum atomic E-state index is -0.407. The summed E-state index contributed by atoms with van der Waals surface area (Å²) in [5.41, 5.74) is 5.23. The number of carbonyl (C=O) groups excluding carboxylic acids is 1. The minimum Gasteiger partial charge on any atom is -0.267 e. The third kappa shape index (κ3) is 4.45. The summed E-state index contributed by atoms with van der Waals surface area (Å²) >= 11 is 12.1. The molecule has 144 valence electrons. The van der Waals surface area contributed by atoms with Gasteiger partial charge in [-0.3, -0.25) is 14.5 Å². The van der Waals surface area contributed by atoms with E-state index >= 15 is 0 Å². The van der Waals surface area contributed by atoms with Crippen LogP contribution in [0.2, 0.25) is 10.0 Å². The van der Waals surface area contributed by atoms with E-state index in [9.17, 15) is 4.79 Å². The van der Waals surface area contributed by atoms with Crippen molar-refractivity contribution in [1.82, 2.24) is 20.2 Å². The Bertz CT molecular complexity index is 1210. The number of benzene rings is 2. The van der Waals surface area contributed by atoms with E-state index in [0.717, 1.165) is 22.0 Å². The van der Waals surface area contributed by atoms with Crippen molar-refractivity contribution in [3.63, 3.8) is 0 Å². The van der Waals surface area contributed by atoms with Crippen LogP contribution in [0.15, 0.2) is 72.1 Å².